The van der Waals surface area contributed by atoms with Gasteiger partial charge in [-0.05, 0) is 12.1 Å². The number of benzene rings is 1. The van der Waals surface area contributed by atoms with E-state index in [9.17, 15) is 0 Å². The van der Waals surface area contributed by atoms with Crippen molar-refractivity contribution < 1.29 is 4.74 Å². The van der Waals surface area contributed by atoms with E-state index in [-0.39, 0.29) is 6.04 Å². The fourth-order valence-corrected chi connectivity index (χ4v) is 2.28. The Balaban J connectivity index is 2.13. The number of rotatable bonds is 2. The van der Waals surface area contributed by atoms with E-state index in [1.165, 1.54) is 0 Å². The Morgan fingerprint density at radius 1 is 1.29 bits per heavy atom. The number of hydrogen-bond donors (Lipinski definition) is 1. The molecule has 0 atom stereocenters. The van der Waals surface area contributed by atoms with Crippen molar-refractivity contribution in [2.45, 2.75) is 6.04 Å². The lowest BCUT2D eigenvalue weighted by molar-refractivity contribution is 0.420. The molecule has 4 heteroatoms. The standard InChI is InChI=1S/C13H15N3O/c1-17-12-4-2-3-11-10(12)5-6-15-13(11)16-7-9(14)8-16/h2-6,9H,7-8,14H2,1H3. The number of aromatic nitrogens is 1. The van der Waals surface area contributed by atoms with E-state index in [4.69, 9.17) is 10.5 Å². The Hall–Kier alpha value is -1.81. The van der Waals surface area contributed by atoms with Crippen LogP contribution in [0.5, 0.6) is 5.75 Å². The molecule has 0 aliphatic carbocycles. The molecule has 1 aliphatic heterocycles. The van der Waals surface area contributed by atoms with Crippen LogP contribution in [0, 0.1) is 0 Å². The molecule has 0 amide bonds. The number of fused-ring (bicyclic) bond motifs is 1. The molecule has 2 N–H and O–H groups in total. The van der Waals surface area contributed by atoms with E-state index in [1.54, 1.807) is 7.11 Å². The average Bonchev–Trinajstić information content (AvgIpc) is 2.33. The first kappa shape index (κ1) is 10.4. The molecular weight excluding hydrogens is 214 g/mol. The molecule has 1 aliphatic rings. The van der Waals surface area contributed by atoms with Gasteiger partial charge in [-0.2, -0.15) is 0 Å². The lowest BCUT2D eigenvalue weighted by Gasteiger charge is -2.38. The fraction of sp³-hybridized carbons (Fsp3) is 0.308. The third kappa shape index (κ3) is 1.61. The van der Waals surface area contributed by atoms with Gasteiger partial charge in [0.25, 0.3) is 0 Å². The van der Waals surface area contributed by atoms with Crippen LogP contribution in [0.15, 0.2) is 30.5 Å². The van der Waals surface area contributed by atoms with E-state index in [0.717, 1.165) is 35.4 Å². The van der Waals surface area contributed by atoms with E-state index in [2.05, 4.69) is 16.0 Å². The van der Waals surface area contributed by atoms with Crippen molar-refractivity contribution in [3.8, 4) is 5.75 Å². The van der Waals surface area contributed by atoms with E-state index >= 15 is 0 Å². The van der Waals surface area contributed by atoms with Gasteiger partial charge in [-0.3, -0.25) is 0 Å². The molecule has 2 heterocycles. The Labute approximate surface area is 100.0 Å². The van der Waals surface area contributed by atoms with Crippen LogP contribution >= 0.6 is 0 Å². The third-order valence-corrected chi connectivity index (χ3v) is 3.17. The zero-order chi connectivity index (χ0) is 11.8. The number of nitrogens with zero attached hydrogens (tertiary/aromatic N) is 2. The zero-order valence-corrected chi connectivity index (χ0v) is 9.76. The van der Waals surface area contributed by atoms with Crippen LogP contribution in [0.25, 0.3) is 10.8 Å². The van der Waals surface area contributed by atoms with Gasteiger partial charge in [0.1, 0.15) is 11.6 Å². The van der Waals surface area contributed by atoms with Crippen molar-refractivity contribution in [1.29, 1.82) is 0 Å². The quantitative estimate of drug-likeness (QED) is 0.845. The number of ether oxygens (including phenoxy) is 1. The first-order valence-corrected chi connectivity index (χ1v) is 5.72. The molecule has 88 valence electrons. The molecule has 0 radical (unpaired) electrons. The maximum Gasteiger partial charge on any atom is 0.136 e. The zero-order valence-electron chi connectivity index (χ0n) is 9.76. The van der Waals surface area contributed by atoms with E-state index in [1.807, 2.05) is 24.4 Å². The van der Waals surface area contributed by atoms with Crippen LogP contribution < -0.4 is 15.4 Å². The van der Waals surface area contributed by atoms with Gasteiger partial charge < -0.3 is 15.4 Å². The van der Waals surface area contributed by atoms with Crippen LogP contribution in [0.2, 0.25) is 0 Å². The predicted molar refractivity (Wildman–Crippen MR) is 68.5 cm³/mol. The SMILES string of the molecule is COc1cccc2c(N3CC(N)C3)nccc12. The number of hydrogen-bond acceptors (Lipinski definition) is 4. The van der Waals surface area contributed by atoms with Crippen molar-refractivity contribution in [1.82, 2.24) is 4.98 Å². The fourth-order valence-electron chi connectivity index (χ4n) is 2.28. The van der Waals surface area contributed by atoms with E-state index in [0.29, 0.717) is 0 Å². The van der Waals surface area contributed by atoms with Gasteiger partial charge >= 0.3 is 0 Å². The average molecular weight is 229 g/mol. The van der Waals surface area contributed by atoms with Crippen molar-refractivity contribution in [3.05, 3.63) is 30.5 Å². The van der Waals surface area contributed by atoms with Crippen LogP contribution in [-0.4, -0.2) is 31.2 Å². The predicted octanol–water partition coefficient (Wildman–Crippen LogP) is 1.39. The molecule has 1 aromatic carbocycles. The Morgan fingerprint density at radius 2 is 2.12 bits per heavy atom. The molecule has 1 saturated heterocycles. The summed E-state index contributed by atoms with van der Waals surface area (Å²) in [6.45, 7) is 1.76. The largest absolute Gasteiger partial charge is 0.496 e. The highest BCUT2D eigenvalue weighted by atomic mass is 16.5. The van der Waals surface area contributed by atoms with Gasteiger partial charge in [0, 0.05) is 36.1 Å². The second-order valence-electron chi connectivity index (χ2n) is 4.36. The summed E-state index contributed by atoms with van der Waals surface area (Å²) in [5.74, 6) is 1.89. The molecule has 1 aromatic heterocycles. The molecule has 2 aromatic rings. The minimum atomic E-state index is 0.276. The van der Waals surface area contributed by atoms with Crippen LogP contribution in [0.3, 0.4) is 0 Å². The van der Waals surface area contributed by atoms with E-state index < -0.39 is 0 Å². The van der Waals surface area contributed by atoms with Crippen molar-refractivity contribution in [2.75, 3.05) is 25.1 Å². The highest BCUT2D eigenvalue weighted by molar-refractivity contribution is 5.96. The summed E-state index contributed by atoms with van der Waals surface area (Å²) < 4.78 is 5.36. The van der Waals surface area contributed by atoms with Gasteiger partial charge in [0.2, 0.25) is 0 Å². The highest BCUT2D eigenvalue weighted by Crippen LogP contribution is 2.32. The van der Waals surface area contributed by atoms with Gasteiger partial charge in [-0.1, -0.05) is 12.1 Å². The maximum absolute atomic E-state index is 5.81. The second-order valence-corrected chi connectivity index (χ2v) is 4.36. The Kier molecular flexibility index (Phi) is 2.37. The second kappa shape index (κ2) is 3.89. The molecule has 17 heavy (non-hydrogen) atoms. The summed E-state index contributed by atoms with van der Waals surface area (Å²) in [5.41, 5.74) is 5.81. The van der Waals surface area contributed by atoms with Gasteiger partial charge in [-0.15, -0.1) is 0 Å². The van der Waals surface area contributed by atoms with Gasteiger partial charge in [0.15, 0.2) is 0 Å². The molecule has 0 bridgehead atoms. The molecule has 0 saturated carbocycles. The summed E-state index contributed by atoms with van der Waals surface area (Å²) in [6.07, 6.45) is 1.82. The summed E-state index contributed by atoms with van der Waals surface area (Å²) in [5, 5.41) is 2.22. The first-order valence-electron chi connectivity index (χ1n) is 5.72. The minimum Gasteiger partial charge on any atom is -0.496 e. The normalized spacial score (nSPS) is 16.0. The van der Waals surface area contributed by atoms with Gasteiger partial charge in [0.05, 0.1) is 7.11 Å². The molecular formula is C13H15N3O. The van der Waals surface area contributed by atoms with Crippen molar-refractivity contribution >= 4 is 16.6 Å². The van der Waals surface area contributed by atoms with Gasteiger partial charge in [-0.25, -0.2) is 4.98 Å². The summed E-state index contributed by atoms with van der Waals surface area (Å²) >= 11 is 0. The van der Waals surface area contributed by atoms with Crippen LogP contribution in [0.1, 0.15) is 0 Å². The number of pyridine rings is 1. The topological polar surface area (TPSA) is 51.4 Å². The Bertz CT molecular complexity index is 549. The molecule has 4 nitrogen and oxygen atoms in total. The number of anilines is 1. The Morgan fingerprint density at radius 3 is 2.82 bits per heavy atom. The van der Waals surface area contributed by atoms with Crippen LogP contribution in [0.4, 0.5) is 5.82 Å². The molecule has 0 spiro atoms. The lowest BCUT2D eigenvalue weighted by atomic mass is 10.1. The minimum absolute atomic E-state index is 0.276. The van der Waals surface area contributed by atoms with Crippen molar-refractivity contribution in [3.63, 3.8) is 0 Å². The first-order chi connectivity index (χ1) is 8.29. The maximum atomic E-state index is 5.81. The molecule has 1 fully saturated rings. The lowest BCUT2D eigenvalue weighted by Crippen LogP contribution is -2.56. The van der Waals surface area contributed by atoms with Crippen LogP contribution in [-0.2, 0) is 0 Å². The molecule has 3 rings (SSSR count). The molecule has 0 unspecified atom stereocenters. The summed E-state index contributed by atoms with van der Waals surface area (Å²) in [6, 6.07) is 8.29. The monoisotopic (exact) mass is 229 g/mol. The van der Waals surface area contributed by atoms with Crippen molar-refractivity contribution in [2.24, 2.45) is 5.73 Å². The summed E-state index contributed by atoms with van der Waals surface area (Å²) in [4.78, 5) is 6.65. The number of methoxy groups -OCH3 is 1. The summed E-state index contributed by atoms with van der Waals surface area (Å²) in [7, 11) is 1.69. The number of nitrogens with two attached hydrogens (primary N) is 1. The smallest absolute Gasteiger partial charge is 0.136 e. The highest BCUT2D eigenvalue weighted by Gasteiger charge is 2.25. The third-order valence-electron chi connectivity index (χ3n) is 3.17.